The third-order valence-corrected chi connectivity index (χ3v) is 6.17. The lowest BCUT2D eigenvalue weighted by atomic mass is 9.85. The molecule has 0 heterocycles. The van der Waals surface area contributed by atoms with Gasteiger partial charge >= 0.3 is 0 Å². The predicted octanol–water partition coefficient (Wildman–Crippen LogP) is 8.28. The van der Waals surface area contributed by atoms with Gasteiger partial charge in [-0.2, -0.15) is 0 Å². The van der Waals surface area contributed by atoms with E-state index >= 15 is 0 Å². The van der Waals surface area contributed by atoms with Gasteiger partial charge in [-0.3, -0.25) is 0 Å². The SMILES string of the molecule is CC(C)C1=Cc2c(ccc(-c3ccccc3)c2-c2ccccc2-c2ccccc2)C1. The first-order chi connectivity index (χ1) is 14.7. The van der Waals surface area contributed by atoms with Crippen molar-refractivity contribution in [1.82, 2.24) is 0 Å². The van der Waals surface area contributed by atoms with E-state index < -0.39 is 0 Å². The van der Waals surface area contributed by atoms with Crippen LogP contribution in [0.25, 0.3) is 39.5 Å². The summed E-state index contributed by atoms with van der Waals surface area (Å²) in [6.07, 6.45) is 3.51. The van der Waals surface area contributed by atoms with Crippen molar-refractivity contribution >= 4 is 6.08 Å². The largest absolute Gasteiger partial charge is 0.0626 e. The maximum atomic E-state index is 2.45. The Labute approximate surface area is 179 Å². The number of benzene rings is 4. The van der Waals surface area contributed by atoms with Crippen LogP contribution >= 0.6 is 0 Å². The Morgan fingerprint density at radius 2 is 1.13 bits per heavy atom. The van der Waals surface area contributed by atoms with Gasteiger partial charge in [-0.15, -0.1) is 0 Å². The third kappa shape index (κ3) is 3.29. The second-order valence-corrected chi connectivity index (χ2v) is 8.39. The van der Waals surface area contributed by atoms with Gasteiger partial charge in [0.05, 0.1) is 0 Å². The van der Waals surface area contributed by atoms with E-state index in [0.717, 1.165) is 6.42 Å². The van der Waals surface area contributed by atoms with Crippen molar-refractivity contribution < 1.29 is 0 Å². The zero-order chi connectivity index (χ0) is 20.5. The quantitative estimate of drug-likeness (QED) is 0.331. The van der Waals surface area contributed by atoms with Gasteiger partial charge in [-0.05, 0) is 56.8 Å². The Morgan fingerprint density at radius 1 is 0.567 bits per heavy atom. The lowest BCUT2D eigenvalue weighted by Crippen LogP contribution is -1.95. The van der Waals surface area contributed by atoms with Crippen LogP contribution in [0.4, 0.5) is 0 Å². The van der Waals surface area contributed by atoms with Crippen molar-refractivity contribution in [2.24, 2.45) is 5.92 Å². The Hall–Kier alpha value is -3.38. The zero-order valence-corrected chi connectivity index (χ0v) is 17.6. The molecular weight excluding hydrogens is 360 g/mol. The molecule has 0 amide bonds. The first-order valence-electron chi connectivity index (χ1n) is 10.8. The van der Waals surface area contributed by atoms with E-state index in [-0.39, 0.29) is 0 Å². The van der Waals surface area contributed by atoms with Gasteiger partial charge < -0.3 is 0 Å². The fourth-order valence-electron chi connectivity index (χ4n) is 4.53. The molecule has 0 saturated carbocycles. The second-order valence-electron chi connectivity index (χ2n) is 8.39. The highest BCUT2D eigenvalue weighted by molar-refractivity contribution is 5.97. The van der Waals surface area contributed by atoms with Gasteiger partial charge in [0.25, 0.3) is 0 Å². The maximum absolute atomic E-state index is 2.45. The monoisotopic (exact) mass is 386 g/mol. The predicted molar refractivity (Wildman–Crippen MR) is 129 cm³/mol. The smallest absolute Gasteiger partial charge is 0.00237 e. The molecule has 1 aliphatic rings. The molecule has 0 aliphatic heterocycles. The Kier molecular flexibility index (Phi) is 4.85. The fraction of sp³-hybridized carbons (Fsp3) is 0.133. The summed E-state index contributed by atoms with van der Waals surface area (Å²) in [4.78, 5) is 0. The van der Waals surface area contributed by atoms with Gasteiger partial charge in [-0.25, -0.2) is 0 Å². The van der Waals surface area contributed by atoms with Crippen molar-refractivity contribution in [2.75, 3.05) is 0 Å². The molecule has 0 radical (unpaired) electrons. The van der Waals surface area contributed by atoms with Crippen LogP contribution in [0.1, 0.15) is 25.0 Å². The molecule has 1 aliphatic carbocycles. The summed E-state index contributed by atoms with van der Waals surface area (Å²) in [5.74, 6) is 0.565. The molecule has 30 heavy (non-hydrogen) atoms. The lowest BCUT2D eigenvalue weighted by Gasteiger charge is -2.18. The standard InChI is InChI=1S/C30H26/c1-21(2)25-19-24-17-18-27(23-13-7-4-8-14-23)30(29(24)20-25)28-16-10-9-15-26(28)22-11-5-3-6-12-22/h3-18,20-21H,19H2,1-2H3. The highest BCUT2D eigenvalue weighted by Gasteiger charge is 2.23. The highest BCUT2D eigenvalue weighted by atomic mass is 14.3. The number of allylic oxidation sites excluding steroid dienone is 1. The van der Waals surface area contributed by atoms with Crippen LogP contribution in [0.5, 0.6) is 0 Å². The highest BCUT2D eigenvalue weighted by Crippen LogP contribution is 2.45. The van der Waals surface area contributed by atoms with E-state index in [9.17, 15) is 0 Å². The summed E-state index contributed by atoms with van der Waals surface area (Å²) in [6, 6.07) is 35.0. The van der Waals surface area contributed by atoms with Crippen molar-refractivity contribution in [3.63, 3.8) is 0 Å². The normalized spacial score (nSPS) is 12.7. The van der Waals surface area contributed by atoms with Crippen LogP contribution in [0.2, 0.25) is 0 Å². The summed E-state index contributed by atoms with van der Waals surface area (Å²) in [5, 5.41) is 0. The lowest BCUT2D eigenvalue weighted by molar-refractivity contribution is 0.754. The molecule has 146 valence electrons. The number of rotatable bonds is 4. The number of hydrogen-bond acceptors (Lipinski definition) is 0. The number of hydrogen-bond donors (Lipinski definition) is 0. The topological polar surface area (TPSA) is 0 Å². The molecule has 0 spiro atoms. The molecule has 0 aromatic heterocycles. The van der Waals surface area contributed by atoms with Crippen LogP contribution in [0.3, 0.4) is 0 Å². The molecule has 0 N–H and O–H groups in total. The van der Waals surface area contributed by atoms with Gasteiger partial charge in [0.15, 0.2) is 0 Å². The van der Waals surface area contributed by atoms with Crippen LogP contribution in [0, 0.1) is 5.92 Å². The van der Waals surface area contributed by atoms with Crippen LogP contribution in [0.15, 0.2) is 103 Å². The van der Waals surface area contributed by atoms with E-state index in [4.69, 9.17) is 0 Å². The molecule has 0 unspecified atom stereocenters. The Morgan fingerprint density at radius 3 is 1.77 bits per heavy atom. The van der Waals surface area contributed by atoms with E-state index in [1.54, 1.807) is 0 Å². The minimum absolute atomic E-state index is 0.565. The van der Waals surface area contributed by atoms with E-state index in [1.807, 2.05) is 0 Å². The van der Waals surface area contributed by atoms with Gasteiger partial charge in [-0.1, -0.05) is 123 Å². The van der Waals surface area contributed by atoms with E-state index in [0.29, 0.717) is 5.92 Å². The molecule has 4 aromatic rings. The zero-order valence-electron chi connectivity index (χ0n) is 17.6. The summed E-state index contributed by atoms with van der Waals surface area (Å²) < 4.78 is 0. The van der Waals surface area contributed by atoms with Crippen LogP contribution in [-0.4, -0.2) is 0 Å². The van der Waals surface area contributed by atoms with Crippen molar-refractivity contribution in [2.45, 2.75) is 20.3 Å². The first-order valence-corrected chi connectivity index (χ1v) is 10.8. The van der Waals surface area contributed by atoms with Crippen molar-refractivity contribution in [3.05, 3.63) is 114 Å². The molecule has 0 heteroatoms. The molecule has 4 aromatic carbocycles. The van der Waals surface area contributed by atoms with Gasteiger partial charge in [0.2, 0.25) is 0 Å². The van der Waals surface area contributed by atoms with Gasteiger partial charge in [0, 0.05) is 0 Å². The molecule has 5 rings (SSSR count). The van der Waals surface area contributed by atoms with E-state index in [2.05, 4.69) is 117 Å². The second kappa shape index (κ2) is 7.80. The molecule has 0 atom stereocenters. The maximum Gasteiger partial charge on any atom is -0.00237 e. The molecule has 0 fully saturated rings. The average molecular weight is 387 g/mol. The Balaban J connectivity index is 1.82. The fourth-order valence-corrected chi connectivity index (χ4v) is 4.53. The van der Waals surface area contributed by atoms with Gasteiger partial charge in [0.1, 0.15) is 0 Å². The molecule has 0 bridgehead atoms. The van der Waals surface area contributed by atoms with Crippen LogP contribution < -0.4 is 0 Å². The summed E-state index contributed by atoms with van der Waals surface area (Å²) in [5.41, 5.74) is 12.1. The third-order valence-electron chi connectivity index (χ3n) is 6.17. The summed E-state index contributed by atoms with van der Waals surface area (Å²) in [7, 11) is 0. The first kappa shape index (κ1) is 18.6. The molecular formula is C30H26. The van der Waals surface area contributed by atoms with Crippen molar-refractivity contribution in [3.8, 4) is 33.4 Å². The molecule has 0 nitrogen and oxygen atoms in total. The summed E-state index contributed by atoms with van der Waals surface area (Å²) >= 11 is 0. The Bertz CT molecular complexity index is 1210. The molecule has 0 saturated heterocycles. The number of fused-ring (bicyclic) bond motifs is 1. The van der Waals surface area contributed by atoms with E-state index in [1.165, 1.54) is 50.1 Å². The average Bonchev–Trinajstić information content (AvgIpc) is 3.24. The summed E-state index contributed by atoms with van der Waals surface area (Å²) in [6.45, 7) is 4.60. The van der Waals surface area contributed by atoms with Crippen molar-refractivity contribution in [1.29, 1.82) is 0 Å². The minimum Gasteiger partial charge on any atom is -0.0626 e. The minimum atomic E-state index is 0.565. The van der Waals surface area contributed by atoms with Crippen LogP contribution in [-0.2, 0) is 6.42 Å².